The third kappa shape index (κ3) is 5.11. The Balaban J connectivity index is 2.10. The summed E-state index contributed by atoms with van der Waals surface area (Å²) >= 11 is 0. The Bertz CT molecular complexity index is 857. The summed E-state index contributed by atoms with van der Waals surface area (Å²) in [4.78, 5) is 25.9. The number of benzene rings is 1. The second-order valence-electron chi connectivity index (χ2n) is 6.64. The summed E-state index contributed by atoms with van der Waals surface area (Å²) in [6.07, 6.45) is 3.66. The van der Waals surface area contributed by atoms with E-state index in [1.807, 2.05) is 0 Å². The molecule has 8 nitrogen and oxygen atoms in total. The molecule has 0 N–H and O–H groups in total. The van der Waals surface area contributed by atoms with Gasteiger partial charge in [0.25, 0.3) is 5.91 Å². The van der Waals surface area contributed by atoms with Crippen molar-refractivity contribution in [1.29, 1.82) is 0 Å². The van der Waals surface area contributed by atoms with Gasteiger partial charge in [-0.05, 0) is 43.5 Å². The summed E-state index contributed by atoms with van der Waals surface area (Å²) in [6.45, 7) is 2.92. The number of ether oxygens (including phenoxy) is 2. The first-order chi connectivity index (χ1) is 13.2. The summed E-state index contributed by atoms with van der Waals surface area (Å²) in [5.74, 6) is -0.672. The van der Waals surface area contributed by atoms with Gasteiger partial charge in [0.15, 0.2) is 6.10 Å². The van der Waals surface area contributed by atoms with Crippen molar-refractivity contribution < 1.29 is 27.5 Å². The third-order valence-corrected chi connectivity index (χ3v) is 6.25. The SMILES string of the molecule is COc1ccc(/C=C/C(=O)O[C@@H](C)C(=O)N2CCCC2)cc1S(=O)(=O)N(C)C. The monoisotopic (exact) mass is 410 g/mol. The maximum absolute atomic E-state index is 12.4. The van der Waals surface area contributed by atoms with Crippen LogP contribution in [0.4, 0.5) is 0 Å². The average Bonchev–Trinajstić information content (AvgIpc) is 3.20. The molecule has 1 amide bonds. The van der Waals surface area contributed by atoms with Gasteiger partial charge in [0, 0.05) is 33.3 Å². The van der Waals surface area contributed by atoms with Crippen molar-refractivity contribution >= 4 is 28.0 Å². The molecule has 9 heteroatoms. The summed E-state index contributed by atoms with van der Waals surface area (Å²) in [5, 5.41) is 0. The second-order valence-corrected chi connectivity index (χ2v) is 8.76. The first kappa shape index (κ1) is 21.9. The van der Waals surface area contributed by atoms with Gasteiger partial charge in [-0.2, -0.15) is 0 Å². The van der Waals surface area contributed by atoms with E-state index in [1.165, 1.54) is 45.5 Å². The van der Waals surface area contributed by atoms with Crippen LogP contribution in [0.15, 0.2) is 29.2 Å². The van der Waals surface area contributed by atoms with Gasteiger partial charge >= 0.3 is 5.97 Å². The number of likely N-dealkylation sites (tertiary alicyclic amines) is 1. The van der Waals surface area contributed by atoms with Gasteiger partial charge in [-0.25, -0.2) is 17.5 Å². The van der Waals surface area contributed by atoms with Crippen LogP contribution in [0.3, 0.4) is 0 Å². The standard InChI is InChI=1S/C19H26N2O6S/c1-14(19(23)21-11-5-6-12-21)27-18(22)10-8-15-7-9-16(26-4)17(13-15)28(24,25)20(2)3/h7-10,13-14H,5-6,11-12H2,1-4H3/b10-8+/t14-/m0/s1. The Morgan fingerprint density at radius 2 is 1.86 bits per heavy atom. The minimum Gasteiger partial charge on any atom is -0.495 e. The number of carbonyl (C=O) groups is 2. The van der Waals surface area contributed by atoms with Crippen molar-refractivity contribution in [3.8, 4) is 5.75 Å². The van der Waals surface area contributed by atoms with Gasteiger partial charge in [0.1, 0.15) is 10.6 Å². The number of carbonyl (C=O) groups excluding carboxylic acids is 2. The molecular weight excluding hydrogens is 384 g/mol. The van der Waals surface area contributed by atoms with Crippen molar-refractivity contribution in [3.63, 3.8) is 0 Å². The number of hydrogen-bond donors (Lipinski definition) is 0. The Hall–Kier alpha value is -2.39. The van der Waals surface area contributed by atoms with Gasteiger partial charge in [-0.15, -0.1) is 0 Å². The smallest absolute Gasteiger partial charge is 0.331 e. The highest BCUT2D eigenvalue weighted by molar-refractivity contribution is 7.89. The average molecular weight is 410 g/mol. The quantitative estimate of drug-likeness (QED) is 0.500. The molecule has 0 aromatic heterocycles. The summed E-state index contributed by atoms with van der Waals surface area (Å²) in [5.41, 5.74) is 0.483. The molecular formula is C19H26N2O6S. The van der Waals surface area contributed by atoms with Crippen LogP contribution >= 0.6 is 0 Å². The first-order valence-corrected chi connectivity index (χ1v) is 10.4. The molecule has 0 spiro atoms. The lowest BCUT2D eigenvalue weighted by atomic mass is 10.2. The predicted octanol–water partition coefficient (Wildman–Crippen LogP) is 1.51. The second kappa shape index (κ2) is 9.20. The number of sulfonamides is 1. The lowest BCUT2D eigenvalue weighted by molar-refractivity contribution is -0.154. The molecule has 1 aromatic rings. The third-order valence-electron chi connectivity index (χ3n) is 4.42. The van der Waals surface area contributed by atoms with E-state index in [9.17, 15) is 18.0 Å². The molecule has 1 atom stereocenters. The van der Waals surface area contributed by atoms with Gasteiger partial charge in [-0.1, -0.05) is 6.07 Å². The van der Waals surface area contributed by atoms with Crippen LogP contribution in [0, 0.1) is 0 Å². The van der Waals surface area contributed by atoms with Gasteiger partial charge in [0.05, 0.1) is 7.11 Å². The molecule has 1 heterocycles. The normalized spacial score (nSPS) is 15.8. The molecule has 0 saturated carbocycles. The number of amides is 1. The molecule has 1 aliphatic heterocycles. The van der Waals surface area contributed by atoms with Gasteiger partial charge < -0.3 is 14.4 Å². The molecule has 0 unspecified atom stereocenters. The fraction of sp³-hybridized carbons (Fsp3) is 0.474. The predicted molar refractivity (Wildman–Crippen MR) is 104 cm³/mol. The zero-order valence-corrected chi connectivity index (χ0v) is 17.4. The maximum atomic E-state index is 12.4. The zero-order valence-electron chi connectivity index (χ0n) is 16.5. The highest BCUT2D eigenvalue weighted by Crippen LogP contribution is 2.27. The summed E-state index contributed by atoms with van der Waals surface area (Å²) in [7, 11) is 0.520. The Morgan fingerprint density at radius 3 is 2.43 bits per heavy atom. The molecule has 0 bridgehead atoms. The van der Waals surface area contributed by atoms with Crippen LogP contribution in [0.1, 0.15) is 25.3 Å². The van der Waals surface area contributed by atoms with Gasteiger partial charge in [-0.3, -0.25) is 4.79 Å². The Kier molecular flexibility index (Phi) is 7.20. The van der Waals surface area contributed by atoms with E-state index in [0.29, 0.717) is 18.7 Å². The molecule has 0 radical (unpaired) electrons. The summed E-state index contributed by atoms with van der Waals surface area (Å²) in [6, 6.07) is 4.55. The van der Waals surface area contributed by atoms with Crippen LogP contribution in [0.2, 0.25) is 0 Å². The van der Waals surface area contributed by atoms with E-state index in [1.54, 1.807) is 17.9 Å². The molecule has 1 aromatic carbocycles. The molecule has 1 fully saturated rings. The van der Waals surface area contributed by atoms with E-state index in [4.69, 9.17) is 9.47 Å². The Labute approximate surface area is 165 Å². The van der Waals surface area contributed by atoms with Crippen molar-refractivity contribution in [3.05, 3.63) is 29.8 Å². The van der Waals surface area contributed by atoms with Crippen LogP contribution in [0.5, 0.6) is 5.75 Å². The lowest BCUT2D eigenvalue weighted by Crippen LogP contribution is -2.37. The number of methoxy groups -OCH3 is 1. The van der Waals surface area contributed by atoms with E-state index < -0.39 is 22.1 Å². The van der Waals surface area contributed by atoms with E-state index >= 15 is 0 Å². The Morgan fingerprint density at radius 1 is 1.21 bits per heavy atom. The molecule has 0 aliphatic carbocycles. The highest BCUT2D eigenvalue weighted by atomic mass is 32.2. The largest absolute Gasteiger partial charge is 0.495 e. The molecule has 28 heavy (non-hydrogen) atoms. The van der Waals surface area contributed by atoms with Crippen LogP contribution in [-0.4, -0.2) is 69.9 Å². The molecule has 2 rings (SSSR count). The lowest BCUT2D eigenvalue weighted by Gasteiger charge is -2.19. The van der Waals surface area contributed by atoms with Crippen molar-refractivity contribution in [1.82, 2.24) is 9.21 Å². The van der Waals surface area contributed by atoms with Crippen molar-refractivity contribution in [2.45, 2.75) is 30.8 Å². The number of nitrogens with zero attached hydrogens (tertiary/aromatic N) is 2. The fourth-order valence-electron chi connectivity index (χ4n) is 2.82. The topological polar surface area (TPSA) is 93.2 Å². The van der Waals surface area contributed by atoms with E-state index in [-0.39, 0.29) is 16.6 Å². The fourth-order valence-corrected chi connectivity index (χ4v) is 3.90. The summed E-state index contributed by atoms with van der Waals surface area (Å²) < 4.78 is 36.2. The minimum absolute atomic E-state index is 0.00639. The molecule has 1 saturated heterocycles. The minimum atomic E-state index is -3.71. The zero-order chi connectivity index (χ0) is 20.9. The molecule has 1 aliphatic rings. The van der Waals surface area contributed by atoms with Crippen LogP contribution < -0.4 is 4.74 Å². The number of rotatable bonds is 7. The van der Waals surface area contributed by atoms with Gasteiger partial charge in [0.2, 0.25) is 10.0 Å². The van der Waals surface area contributed by atoms with Crippen LogP contribution in [0.25, 0.3) is 6.08 Å². The van der Waals surface area contributed by atoms with Crippen molar-refractivity contribution in [2.24, 2.45) is 0 Å². The molecule has 154 valence electrons. The van der Waals surface area contributed by atoms with E-state index in [2.05, 4.69) is 0 Å². The first-order valence-electron chi connectivity index (χ1n) is 8.95. The maximum Gasteiger partial charge on any atom is 0.331 e. The van der Waals surface area contributed by atoms with Crippen LogP contribution in [-0.2, 0) is 24.3 Å². The number of hydrogen-bond acceptors (Lipinski definition) is 6. The number of esters is 1. The highest BCUT2D eigenvalue weighted by Gasteiger charge is 2.25. The van der Waals surface area contributed by atoms with E-state index in [0.717, 1.165) is 17.1 Å². The van der Waals surface area contributed by atoms with Crippen molar-refractivity contribution in [2.75, 3.05) is 34.3 Å².